The Kier molecular flexibility index (Phi) is 3.70. The summed E-state index contributed by atoms with van der Waals surface area (Å²) in [5, 5.41) is 0.580. The molecule has 1 nitrogen and oxygen atoms in total. The molecule has 0 bridgehead atoms. The average molecular weight is 223 g/mol. The smallest absolute Gasteiger partial charge is 0.187 e. The second-order valence-electron chi connectivity index (χ2n) is 4.47. The molecule has 80 valence electrons. The lowest BCUT2D eigenvalue weighted by Gasteiger charge is -2.16. The molecule has 1 aromatic carbocycles. The molecule has 0 aliphatic rings. The maximum Gasteiger partial charge on any atom is 0.187 e. The van der Waals surface area contributed by atoms with Crippen LogP contribution in [0.3, 0.4) is 0 Å². The summed E-state index contributed by atoms with van der Waals surface area (Å²) in [6, 6.07) is 9.13. The number of carbonyl (C=O) groups excluding carboxylic acids is 1. The van der Waals surface area contributed by atoms with Crippen molar-refractivity contribution in [2.45, 2.75) is 20.8 Å². The van der Waals surface area contributed by atoms with Crippen molar-refractivity contribution in [1.82, 2.24) is 0 Å². The minimum Gasteiger partial charge on any atom is -0.289 e. The van der Waals surface area contributed by atoms with Gasteiger partial charge in [0.2, 0.25) is 0 Å². The summed E-state index contributed by atoms with van der Waals surface area (Å²) in [6.07, 6.45) is 1.50. The lowest BCUT2D eigenvalue weighted by atomic mass is 9.94. The zero-order valence-electron chi connectivity index (χ0n) is 9.25. The number of allylic oxidation sites excluding steroid dienone is 2. The summed E-state index contributed by atoms with van der Waals surface area (Å²) in [4.78, 5) is 11.7. The summed E-state index contributed by atoms with van der Waals surface area (Å²) in [6.45, 7) is 5.93. The number of hydrogen-bond donors (Lipinski definition) is 0. The van der Waals surface area contributed by atoms with Gasteiger partial charge >= 0.3 is 0 Å². The number of halogens is 1. The summed E-state index contributed by atoms with van der Waals surface area (Å²) >= 11 is 6.04. The van der Waals surface area contributed by atoms with E-state index in [4.69, 9.17) is 11.6 Å². The van der Waals surface area contributed by atoms with Crippen molar-refractivity contribution in [3.63, 3.8) is 0 Å². The van der Waals surface area contributed by atoms with E-state index in [-0.39, 0.29) is 11.2 Å². The van der Waals surface area contributed by atoms with Crippen LogP contribution in [-0.4, -0.2) is 5.78 Å². The van der Waals surface area contributed by atoms with Crippen LogP contribution in [0.1, 0.15) is 31.1 Å². The highest BCUT2D eigenvalue weighted by Gasteiger charge is 2.16. The Hall–Kier alpha value is -1.08. The van der Waals surface area contributed by atoms with E-state index in [0.717, 1.165) is 0 Å². The van der Waals surface area contributed by atoms with Gasteiger partial charge in [0.05, 0.1) is 0 Å². The molecule has 0 saturated carbocycles. The Morgan fingerprint density at radius 1 is 1.20 bits per heavy atom. The van der Waals surface area contributed by atoms with E-state index in [1.165, 1.54) is 6.08 Å². The van der Waals surface area contributed by atoms with Gasteiger partial charge in [0.25, 0.3) is 0 Å². The third kappa shape index (κ3) is 3.52. The summed E-state index contributed by atoms with van der Waals surface area (Å²) in [5.41, 5.74) is 0.492. The fraction of sp³-hybridized carbons (Fsp3) is 0.308. The quantitative estimate of drug-likeness (QED) is 0.545. The molecule has 0 spiro atoms. The van der Waals surface area contributed by atoms with E-state index in [9.17, 15) is 4.79 Å². The highest BCUT2D eigenvalue weighted by Crippen LogP contribution is 2.28. The summed E-state index contributed by atoms with van der Waals surface area (Å²) in [7, 11) is 0. The first kappa shape index (κ1) is 12.0. The van der Waals surface area contributed by atoms with Crippen LogP contribution in [0.2, 0.25) is 0 Å². The zero-order valence-corrected chi connectivity index (χ0v) is 10.0. The highest BCUT2D eigenvalue weighted by molar-refractivity contribution is 6.32. The molecule has 0 amide bonds. The maximum atomic E-state index is 11.7. The zero-order chi connectivity index (χ0) is 11.5. The van der Waals surface area contributed by atoms with Crippen molar-refractivity contribution in [3.05, 3.63) is 47.0 Å². The standard InChI is InChI=1S/C13H15ClO/c1-13(2,3)12(14)9-11(15)10-7-5-4-6-8-10/h4-9H,1-3H3/b12-9-. The molecular formula is C13H15ClO. The molecule has 0 radical (unpaired) electrons. The molecule has 1 aromatic rings. The topological polar surface area (TPSA) is 17.1 Å². The first-order chi connectivity index (χ1) is 6.91. The van der Waals surface area contributed by atoms with Crippen molar-refractivity contribution in [1.29, 1.82) is 0 Å². The van der Waals surface area contributed by atoms with Crippen LogP contribution >= 0.6 is 11.6 Å². The number of benzene rings is 1. The molecule has 0 aliphatic carbocycles. The average Bonchev–Trinajstić information content (AvgIpc) is 2.17. The molecule has 0 aliphatic heterocycles. The molecule has 0 unspecified atom stereocenters. The van der Waals surface area contributed by atoms with Crippen LogP contribution in [0.4, 0.5) is 0 Å². The second kappa shape index (κ2) is 4.63. The van der Waals surface area contributed by atoms with E-state index < -0.39 is 0 Å². The molecular weight excluding hydrogens is 208 g/mol. The molecule has 15 heavy (non-hydrogen) atoms. The van der Waals surface area contributed by atoms with Gasteiger partial charge in [0, 0.05) is 16.7 Å². The fourth-order valence-corrected chi connectivity index (χ4v) is 1.12. The van der Waals surface area contributed by atoms with Crippen LogP contribution in [-0.2, 0) is 0 Å². The third-order valence-electron chi connectivity index (χ3n) is 2.03. The van der Waals surface area contributed by atoms with E-state index in [2.05, 4.69) is 0 Å². The van der Waals surface area contributed by atoms with Gasteiger partial charge in [-0.1, -0.05) is 62.7 Å². The lowest BCUT2D eigenvalue weighted by Crippen LogP contribution is -2.07. The molecule has 1 rings (SSSR count). The maximum absolute atomic E-state index is 11.7. The van der Waals surface area contributed by atoms with Crippen molar-refractivity contribution in [2.24, 2.45) is 5.41 Å². The fourth-order valence-electron chi connectivity index (χ4n) is 1.02. The largest absolute Gasteiger partial charge is 0.289 e. The summed E-state index contributed by atoms with van der Waals surface area (Å²) < 4.78 is 0. The van der Waals surface area contributed by atoms with E-state index in [1.54, 1.807) is 12.1 Å². The van der Waals surface area contributed by atoms with Crippen molar-refractivity contribution < 1.29 is 4.79 Å². The van der Waals surface area contributed by atoms with E-state index in [0.29, 0.717) is 10.6 Å². The van der Waals surface area contributed by atoms with Gasteiger partial charge in [-0.2, -0.15) is 0 Å². The van der Waals surface area contributed by atoms with Gasteiger partial charge in [-0.15, -0.1) is 0 Å². The van der Waals surface area contributed by atoms with Gasteiger partial charge in [-0.25, -0.2) is 0 Å². The predicted octanol–water partition coefficient (Wildman–Crippen LogP) is 4.04. The number of rotatable bonds is 2. The van der Waals surface area contributed by atoms with Gasteiger partial charge in [-0.3, -0.25) is 4.79 Å². The van der Waals surface area contributed by atoms with Crippen LogP contribution in [0.25, 0.3) is 0 Å². The number of carbonyl (C=O) groups is 1. The van der Waals surface area contributed by atoms with Crippen molar-refractivity contribution in [3.8, 4) is 0 Å². The molecule has 0 atom stereocenters. The Labute approximate surface area is 95.8 Å². The van der Waals surface area contributed by atoms with Gasteiger partial charge in [0.15, 0.2) is 5.78 Å². The molecule has 2 heteroatoms. The minimum atomic E-state index is -0.175. The van der Waals surface area contributed by atoms with Gasteiger partial charge < -0.3 is 0 Å². The molecule has 0 aromatic heterocycles. The van der Waals surface area contributed by atoms with Gasteiger partial charge in [0.1, 0.15) is 0 Å². The van der Waals surface area contributed by atoms with E-state index >= 15 is 0 Å². The normalized spacial score (nSPS) is 12.7. The Bertz CT molecular complexity index is 371. The number of ketones is 1. The first-order valence-corrected chi connectivity index (χ1v) is 5.26. The predicted molar refractivity (Wildman–Crippen MR) is 64.2 cm³/mol. The van der Waals surface area contributed by atoms with Gasteiger partial charge in [-0.05, 0) is 5.41 Å². The van der Waals surface area contributed by atoms with Crippen molar-refractivity contribution >= 4 is 17.4 Å². The van der Waals surface area contributed by atoms with Crippen molar-refractivity contribution in [2.75, 3.05) is 0 Å². The summed E-state index contributed by atoms with van der Waals surface area (Å²) in [5.74, 6) is -0.0458. The number of hydrogen-bond acceptors (Lipinski definition) is 1. The van der Waals surface area contributed by atoms with Crippen LogP contribution in [0, 0.1) is 5.41 Å². The first-order valence-electron chi connectivity index (χ1n) is 4.88. The van der Waals surface area contributed by atoms with E-state index in [1.807, 2.05) is 39.0 Å². The Morgan fingerprint density at radius 3 is 2.20 bits per heavy atom. The molecule has 0 heterocycles. The highest BCUT2D eigenvalue weighted by atomic mass is 35.5. The Morgan fingerprint density at radius 2 is 1.73 bits per heavy atom. The lowest BCUT2D eigenvalue weighted by molar-refractivity contribution is 0.104. The molecule has 0 N–H and O–H groups in total. The van der Waals surface area contributed by atoms with Crippen LogP contribution in [0.5, 0.6) is 0 Å². The monoisotopic (exact) mass is 222 g/mol. The van der Waals surface area contributed by atoms with Crippen LogP contribution in [0.15, 0.2) is 41.4 Å². The second-order valence-corrected chi connectivity index (χ2v) is 4.88. The molecule has 0 fully saturated rings. The SMILES string of the molecule is CC(C)(C)/C(Cl)=C/C(=O)c1ccccc1. The Balaban J connectivity index is 2.90. The molecule has 0 saturated heterocycles. The van der Waals surface area contributed by atoms with Crippen LogP contribution < -0.4 is 0 Å². The minimum absolute atomic E-state index is 0.0458. The third-order valence-corrected chi connectivity index (χ3v) is 2.71.